The van der Waals surface area contributed by atoms with Gasteiger partial charge in [0.2, 0.25) is 0 Å². The Hall–Kier alpha value is -1.74. The van der Waals surface area contributed by atoms with Crippen LogP contribution in [0.3, 0.4) is 0 Å². The Labute approximate surface area is 124 Å². The number of hydrogen-bond acceptors (Lipinski definition) is 2. The SMILES string of the molecule is COc1ccc(N=Cc2cc(C)n(C(C)C)c2)cc1Cl. The molecule has 1 aromatic heterocycles. The molecule has 3 nitrogen and oxygen atoms in total. The van der Waals surface area contributed by atoms with Gasteiger partial charge in [0.15, 0.2) is 0 Å². The average molecular weight is 291 g/mol. The van der Waals surface area contributed by atoms with Gasteiger partial charge in [-0.1, -0.05) is 11.6 Å². The fourth-order valence-corrected chi connectivity index (χ4v) is 2.38. The van der Waals surface area contributed by atoms with Crippen molar-refractivity contribution in [2.75, 3.05) is 7.11 Å². The van der Waals surface area contributed by atoms with Gasteiger partial charge in [0.25, 0.3) is 0 Å². The maximum atomic E-state index is 6.08. The maximum Gasteiger partial charge on any atom is 0.137 e. The zero-order valence-electron chi connectivity index (χ0n) is 12.2. The molecule has 0 radical (unpaired) electrons. The molecule has 2 aromatic rings. The van der Waals surface area contributed by atoms with Gasteiger partial charge in [0.1, 0.15) is 5.75 Å². The summed E-state index contributed by atoms with van der Waals surface area (Å²) in [6.07, 6.45) is 3.96. The highest BCUT2D eigenvalue weighted by atomic mass is 35.5. The lowest BCUT2D eigenvalue weighted by Gasteiger charge is -2.08. The molecule has 0 aliphatic carbocycles. The lowest BCUT2D eigenvalue weighted by Crippen LogP contribution is -2.00. The molecule has 0 amide bonds. The van der Waals surface area contributed by atoms with Gasteiger partial charge >= 0.3 is 0 Å². The topological polar surface area (TPSA) is 26.5 Å². The van der Waals surface area contributed by atoms with Crippen molar-refractivity contribution in [3.8, 4) is 5.75 Å². The molecule has 0 atom stereocenters. The van der Waals surface area contributed by atoms with Gasteiger partial charge in [0.05, 0.1) is 17.8 Å². The van der Waals surface area contributed by atoms with E-state index in [0.29, 0.717) is 16.8 Å². The molecule has 1 aromatic carbocycles. The van der Waals surface area contributed by atoms with Crippen LogP contribution in [0.15, 0.2) is 35.5 Å². The van der Waals surface area contributed by atoms with Crippen molar-refractivity contribution in [2.24, 2.45) is 4.99 Å². The van der Waals surface area contributed by atoms with E-state index in [4.69, 9.17) is 16.3 Å². The van der Waals surface area contributed by atoms with Crippen LogP contribution in [0.1, 0.15) is 31.1 Å². The molecule has 0 N–H and O–H groups in total. The summed E-state index contributed by atoms with van der Waals surface area (Å²) in [6, 6.07) is 8.07. The molecule has 0 aliphatic rings. The average Bonchev–Trinajstić information content (AvgIpc) is 2.78. The number of aromatic nitrogens is 1. The first-order valence-corrected chi connectivity index (χ1v) is 6.95. The van der Waals surface area contributed by atoms with E-state index in [1.807, 2.05) is 18.3 Å². The molecule has 4 heteroatoms. The van der Waals surface area contributed by atoms with Crippen LogP contribution in [0.5, 0.6) is 5.75 Å². The molecular formula is C16H19ClN2O. The maximum absolute atomic E-state index is 6.08. The van der Waals surface area contributed by atoms with Crippen molar-refractivity contribution in [1.82, 2.24) is 4.57 Å². The van der Waals surface area contributed by atoms with E-state index in [9.17, 15) is 0 Å². The molecule has 0 spiro atoms. The lowest BCUT2D eigenvalue weighted by atomic mass is 10.3. The molecule has 0 saturated carbocycles. The molecule has 20 heavy (non-hydrogen) atoms. The second-order valence-electron chi connectivity index (χ2n) is 4.99. The van der Waals surface area contributed by atoms with Gasteiger partial charge in [-0.2, -0.15) is 0 Å². The Bertz CT molecular complexity index is 629. The molecule has 0 unspecified atom stereocenters. The smallest absolute Gasteiger partial charge is 0.137 e. The highest BCUT2D eigenvalue weighted by Crippen LogP contribution is 2.28. The van der Waals surface area contributed by atoms with Gasteiger partial charge in [-0.05, 0) is 45.0 Å². The minimum absolute atomic E-state index is 0.451. The number of aryl methyl sites for hydroxylation is 1. The van der Waals surface area contributed by atoms with Crippen LogP contribution in [0, 0.1) is 6.92 Å². The Morgan fingerprint density at radius 2 is 2.05 bits per heavy atom. The minimum Gasteiger partial charge on any atom is -0.495 e. The van der Waals surface area contributed by atoms with Crippen molar-refractivity contribution >= 4 is 23.5 Å². The molecular weight excluding hydrogens is 272 g/mol. The van der Waals surface area contributed by atoms with Crippen LogP contribution < -0.4 is 4.74 Å². The summed E-state index contributed by atoms with van der Waals surface area (Å²) >= 11 is 6.08. The highest BCUT2D eigenvalue weighted by molar-refractivity contribution is 6.32. The number of halogens is 1. The highest BCUT2D eigenvalue weighted by Gasteiger charge is 2.04. The number of hydrogen-bond donors (Lipinski definition) is 0. The molecule has 0 aliphatic heterocycles. The number of methoxy groups -OCH3 is 1. The molecule has 106 valence electrons. The number of rotatable bonds is 4. The Morgan fingerprint density at radius 3 is 2.60 bits per heavy atom. The fourth-order valence-electron chi connectivity index (χ4n) is 2.13. The van der Waals surface area contributed by atoms with Crippen molar-refractivity contribution in [3.63, 3.8) is 0 Å². The van der Waals surface area contributed by atoms with Gasteiger partial charge < -0.3 is 9.30 Å². The molecule has 2 rings (SSSR count). The number of nitrogens with zero attached hydrogens (tertiary/aromatic N) is 2. The van der Waals surface area contributed by atoms with E-state index in [1.54, 1.807) is 13.2 Å². The summed E-state index contributed by atoms with van der Waals surface area (Å²) in [6.45, 7) is 6.43. The van der Waals surface area contributed by atoms with Crippen LogP contribution in [0.2, 0.25) is 5.02 Å². The Kier molecular flexibility index (Phi) is 4.50. The summed E-state index contributed by atoms with van der Waals surface area (Å²) in [7, 11) is 1.60. The van der Waals surface area contributed by atoms with E-state index < -0.39 is 0 Å². The third-order valence-electron chi connectivity index (χ3n) is 3.13. The van der Waals surface area contributed by atoms with Gasteiger partial charge in [-0.3, -0.25) is 4.99 Å². The summed E-state index contributed by atoms with van der Waals surface area (Å²) < 4.78 is 7.35. The van der Waals surface area contributed by atoms with Crippen LogP contribution in [-0.2, 0) is 0 Å². The summed E-state index contributed by atoms with van der Waals surface area (Å²) in [5, 5.41) is 0.568. The summed E-state index contributed by atoms with van der Waals surface area (Å²) in [4.78, 5) is 4.45. The van der Waals surface area contributed by atoms with E-state index in [0.717, 1.165) is 11.3 Å². The van der Waals surface area contributed by atoms with Crippen LogP contribution in [-0.4, -0.2) is 17.9 Å². The largest absolute Gasteiger partial charge is 0.495 e. The van der Waals surface area contributed by atoms with E-state index in [-0.39, 0.29) is 0 Å². The number of benzene rings is 1. The summed E-state index contributed by atoms with van der Waals surface area (Å²) in [5.74, 6) is 0.660. The van der Waals surface area contributed by atoms with Crippen molar-refractivity contribution in [2.45, 2.75) is 26.8 Å². The van der Waals surface area contributed by atoms with Crippen molar-refractivity contribution < 1.29 is 4.74 Å². The van der Waals surface area contributed by atoms with Crippen molar-refractivity contribution in [3.05, 3.63) is 46.7 Å². The monoisotopic (exact) mass is 290 g/mol. The first kappa shape index (κ1) is 14.7. The van der Waals surface area contributed by atoms with E-state index in [2.05, 4.69) is 42.6 Å². The second-order valence-corrected chi connectivity index (χ2v) is 5.40. The molecule has 0 bridgehead atoms. The van der Waals surface area contributed by atoms with E-state index >= 15 is 0 Å². The predicted molar refractivity (Wildman–Crippen MR) is 84.8 cm³/mol. The zero-order valence-corrected chi connectivity index (χ0v) is 13.0. The summed E-state index contributed by atoms with van der Waals surface area (Å²) in [5.41, 5.74) is 3.13. The standard InChI is InChI=1S/C16H19ClN2O/c1-11(2)19-10-13(7-12(19)3)9-18-14-5-6-16(20-4)15(17)8-14/h5-11H,1-4H3. The van der Waals surface area contributed by atoms with Crippen molar-refractivity contribution in [1.29, 1.82) is 0 Å². The lowest BCUT2D eigenvalue weighted by molar-refractivity contribution is 0.415. The first-order valence-electron chi connectivity index (χ1n) is 6.57. The molecule has 1 heterocycles. The van der Waals surface area contributed by atoms with Crippen LogP contribution in [0.25, 0.3) is 0 Å². The Balaban J connectivity index is 2.21. The third kappa shape index (κ3) is 3.23. The Morgan fingerprint density at radius 1 is 1.30 bits per heavy atom. The van der Waals surface area contributed by atoms with Crippen LogP contribution in [0.4, 0.5) is 5.69 Å². The molecule has 0 fully saturated rings. The van der Waals surface area contributed by atoms with Gasteiger partial charge in [0, 0.05) is 29.7 Å². The van der Waals surface area contributed by atoms with E-state index in [1.165, 1.54) is 5.69 Å². The fraction of sp³-hybridized carbons (Fsp3) is 0.312. The second kappa shape index (κ2) is 6.14. The predicted octanol–water partition coefficient (Wildman–Crippen LogP) is 4.79. The quantitative estimate of drug-likeness (QED) is 0.744. The minimum atomic E-state index is 0.451. The number of aliphatic imine (C=N–C) groups is 1. The van der Waals surface area contributed by atoms with Crippen LogP contribution >= 0.6 is 11.6 Å². The third-order valence-corrected chi connectivity index (χ3v) is 3.42. The molecule has 0 saturated heterocycles. The van der Waals surface area contributed by atoms with Gasteiger partial charge in [-0.15, -0.1) is 0 Å². The normalized spacial score (nSPS) is 11.5. The van der Waals surface area contributed by atoms with Gasteiger partial charge in [-0.25, -0.2) is 0 Å². The number of ether oxygens (including phenoxy) is 1. The first-order chi connectivity index (χ1) is 9.51. The zero-order chi connectivity index (χ0) is 14.7.